The monoisotopic (exact) mass is 323 g/mol. The molecule has 19 heavy (non-hydrogen) atoms. The van der Waals surface area contributed by atoms with E-state index in [2.05, 4.69) is 20.9 Å². The summed E-state index contributed by atoms with van der Waals surface area (Å²) >= 11 is 3.18. The van der Waals surface area contributed by atoms with Gasteiger partial charge in [0.25, 0.3) is 0 Å². The summed E-state index contributed by atoms with van der Waals surface area (Å²) in [5, 5.41) is 0.416. The number of fused-ring (bicyclic) bond motifs is 1. The van der Waals surface area contributed by atoms with Crippen LogP contribution in [-0.2, 0) is 0 Å². The topological polar surface area (TPSA) is 32.9 Å². The van der Waals surface area contributed by atoms with Gasteiger partial charge in [-0.15, -0.1) is 0 Å². The Labute approximate surface area is 119 Å². The number of benzene rings is 1. The molecule has 1 aromatic heterocycles. The fraction of sp³-hybridized carbons (Fsp3) is 0.400. The van der Waals surface area contributed by atoms with Crippen LogP contribution in [-0.4, -0.2) is 4.98 Å². The first-order chi connectivity index (χ1) is 9.08. The van der Waals surface area contributed by atoms with E-state index >= 15 is 0 Å². The number of hydrogen-bond donors (Lipinski definition) is 1. The summed E-state index contributed by atoms with van der Waals surface area (Å²) < 4.78 is 13.9. The molecule has 0 radical (unpaired) electrons. The highest BCUT2D eigenvalue weighted by atomic mass is 79.9. The Kier molecular flexibility index (Phi) is 3.21. The largest absolute Gasteiger partial charge is 0.358 e. The highest BCUT2D eigenvalue weighted by molar-refractivity contribution is 9.10. The first kappa shape index (κ1) is 12.9. The van der Waals surface area contributed by atoms with Crippen molar-refractivity contribution < 1.29 is 4.39 Å². The van der Waals surface area contributed by atoms with Gasteiger partial charge in [-0.2, -0.15) is 0 Å². The van der Waals surface area contributed by atoms with Crippen LogP contribution in [0.25, 0.3) is 10.9 Å². The third-order valence-electron chi connectivity index (χ3n) is 4.01. The van der Waals surface area contributed by atoms with Crippen LogP contribution >= 0.6 is 15.9 Å². The molecule has 1 N–H and O–H groups in total. The predicted octanol–water partition coefficient (Wildman–Crippen LogP) is 4.40. The smallest absolute Gasteiger partial charge is 0.190 e. The van der Waals surface area contributed by atoms with Crippen LogP contribution in [0.4, 0.5) is 4.39 Å². The summed E-state index contributed by atoms with van der Waals surface area (Å²) in [7, 11) is 0. The van der Waals surface area contributed by atoms with Crippen molar-refractivity contribution in [2.24, 2.45) is 0 Å². The Balaban J connectivity index is 2.29. The number of halogens is 2. The second-order valence-corrected chi connectivity index (χ2v) is 6.10. The molecule has 0 amide bonds. The summed E-state index contributed by atoms with van der Waals surface area (Å²) in [5.74, 6) is 0.0597. The zero-order valence-corrected chi connectivity index (χ0v) is 12.3. The Morgan fingerprint density at radius 1 is 1.32 bits per heavy atom. The molecule has 0 unspecified atom stereocenters. The lowest BCUT2D eigenvalue weighted by molar-refractivity contribution is 0.622. The number of hydrogen-bond acceptors (Lipinski definition) is 1. The molecule has 2 nitrogen and oxygen atoms in total. The number of rotatable bonds is 1. The van der Waals surface area contributed by atoms with Gasteiger partial charge in [-0.25, -0.2) is 4.39 Å². The molecule has 4 heteroatoms. The van der Waals surface area contributed by atoms with Crippen molar-refractivity contribution in [3.8, 4) is 0 Å². The van der Waals surface area contributed by atoms with E-state index in [0.29, 0.717) is 11.3 Å². The van der Waals surface area contributed by atoms with Gasteiger partial charge in [0.05, 0.1) is 15.4 Å². The number of pyridine rings is 1. The van der Waals surface area contributed by atoms with Gasteiger partial charge in [-0.3, -0.25) is 4.79 Å². The lowest BCUT2D eigenvalue weighted by Crippen LogP contribution is -2.09. The van der Waals surface area contributed by atoms with Gasteiger partial charge in [0.15, 0.2) is 5.43 Å². The van der Waals surface area contributed by atoms with Gasteiger partial charge in [-0.1, -0.05) is 12.8 Å². The first-order valence-electron chi connectivity index (χ1n) is 6.59. The van der Waals surface area contributed by atoms with Crippen LogP contribution in [0.5, 0.6) is 0 Å². The Morgan fingerprint density at radius 2 is 2.00 bits per heavy atom. The number of aromatic amines is 1. The molecule has 1 aliphatic carbocycles. The number of nitrogens with one attached hydrogen (secondary N) is 1. The predicted molar refractivity (Wildman–Crippen MR) is 78.2 cm³/mol. The Hall–Kier alpha value is -1.16. The van der Waals surface area contributed by atoms with Gasteiger partial charge in [0.1, 0.15) is 5.82 Å². The minimum atomic E-state index is -0.385. The lowest BCUT2D eigenvalue weighted by atomic mass is 10.0. The fourth-order valence-electron chi connectivity index (χ4n) is 2.99. The third kappa shape index (κ3) is 2.12. The molecule has 100 valence electrons. The van der Waals surface area contributed by atoms with Crippen molar-refractivity contribution in [2.75, 3.05) is 0 Å². The van der Waals surface area contributed by atoms with E-state index < -0.39 is 0 Å². The van der Waals surface area contributed by atoms with E-state index in [1.807, 2.05) is 6.92 Å². The van der Waals surface area contributed by atoms with Crippen LogP contribution < -0.4 is 5.43 Å². The molecule has 1 aliphatic rings. The molecular weight excluding hydrogens is 309 g/mol. The first-order valence-corrected chi connectivity index (χ1v) is 7.38. The van der Waals surface area contributed by atoms with E-state index in [1.54, 1.807) is 6.07 Å². The SMILES string of the molecule is Cc1cc(F)c(Br)c2c(=O)cc(C3CCCC3)[nH]c12. The lowest BCUT2D eigenvalue weighted by Gasteiger charge is -2.13. The van der Waals surface area contributed by atoms with Crippen LogP contribution in [0.1, 0.15) is 42.9 Å². The summed E-state index contributed by atoms with van der Waals surface area (Å²) in [6.07, 6.45) is 4.69. The van der Waals surface area contributed by atoms with Gasteiger partial charge in [0.2, 0.25) is 0 Å². The molecule has 1 fully saturated rings. The molecule has 1 saturated carbocycles. The van der Waals surface area contributed by atoms with Gasteiger partial charge >= 0.3 is 0 Å². The van der Waals surface area contributed by atoms with E-state index in [1.165, 1.54) is 18.9 Å². The Morgan fingerprint density at radius 3 is 2.68 bits per heavy atom. The van der Waals surface area contributed by atoms with E-state index in [0.717, 1.165) is 29.6 Å². The molecule has 3 rings (SSSR count). The number of aryl methyl sites for hydroxylation is 1. The van der Waals surface area contributed by atoms with Crippen molar-refractivity contribution in [3.63, 3.8) is 0 Å². The summed E-state index contributed by atoms with van der Waals surface area (Å²) in [6, 6.07) is 3.10. The van der Waals surface area contributed by atoms with Crippen LogP contribution in [0.3, 0.4) is 0 Å². The molecule has 0 aliphatic heterocycles. The molecule has 1 aromatic carbocycles. The second kappa shape index (κ2) is 4.75. The van der Waals surface area contributed by atoms with Crippen molar-refractivity contribution in [1.29, 1.82) is 0 Å². The van der Waals surface area contributed by atoms with Crippen molar-refractivity contribution in [1.82, 2.24) is 4.98 Å². The van der Waals surface area contributed by atoms with Gasteiger partial charge in [-0.05, 0) is 53.2 Å². The van der Waals surface area contributed by atoms with Crippen molar-refractivity contribution >= 4 is 26.8 Å². The average Bonchev–Trinajstić information content (AvgIpc) is 2.89. The van der Waals surface area contributed by atoms with Crippen LogP contribution in [0.2, 0.25) is 0 Å². The second-order valence-electron chi connectivity index (χ2n) is 5.31. The molecule has 0 bridgehead atoms. The van der Waals surface area contributed by atoms with Gasteiger partial charge in [0, 0.05) is 11.8 Å². The fourth-order valence-corrected chi connectivity index (χ4v) is 3.50. The molecule has 0 saturated heterocycles. The summed E-state index contributed by atoms with van der Waals surface area (Å²) in [6.45, 7) is 1.83. The maximum absolute atomic E-state index is 13.7. The van der Waals surface area contributed by atoms with E-state index in [9.17, 15) is 9.18 Å². The van der Waals surface area contributed by atoms with Crippen molar-refractivity contribution in [3.05, 3.63) is 43.9 Å². The molecule has 2 aromatic rings. The normalized spacial score (nSPS) is 16.4. The van der Waals surface area contributed by atoms with Gasteiger partial charge < -0.3 is 4.98 Å². The van der Waals surface area contributed by atoms with Crippen LogP contribution in [0.15, 0.2) is 21.4 Å². The zero-order valence-electron chi connectivity index (χ0n) is 10.7. The van der Waals surface area contributed by atoms with E-state index in [-0.39, 0.29) is 15.7 Å². The Bertz CT molecular complexity index is 701. The minimum Gasteiger partial charge on any atom is -0.358 e. The molecule has 0 atom stereocenters. The highest BCUT2D eigenvalue weighted by Crippen LogP contribution is 2.34. The maximum atomic E-state index is 13.7. The van der Waals surface area contributed by atoms with Crippen LogP contribution in [0, 0.1) is 12.7 Å². The highest BCUT2D eigenvalue weighted by Gasteiger charge is 2.20. The quantitative estimate of drug-likeness (QED) is 0.829. The summed E-state index contributed by atoms with van der Waals surface area (Å²) in [5.41, 5.74) is 2.41. The zero-order chi connectivity index (χ0) is 13.6. The number of H-pyrrole nitrogens is 1. The summed E-state index contributed by atoms with van der Waals surface area (Å²) in [4.78, 5) is 15.6. The average molecular weight is 324 g/mol. The third-order valence-corrected chi connectivity index (χ3v) is 4.79. The standard InChI is InChI=1S/C15H15BrFNO/c1-8-6-10(17)14(16)13-12(19)7-11(18-15(8)13)9-4-2-3-5-9/h6-7,9H,2-5H2,1H3,(H,18,19). The maximum Gasteiger partial charge on any atom is 0.190 e. The number of aromatic nitrogens is 1. The molecule has 0 spiro atoms. The minimum absolute atomic E-state index is 0.106. The molecule has 1 heterocycles. The molecular formula is C15H15BrFNO. The van der Waals surface area contributed by atoms with Crippen molar-refractivity contribution in [2.45, 2.75) is 38.5 Å². The van der Waals surface area contributed by atoms with E-state index in [4.69, 9.17) is 0 Å².